The maximum absolute atomic E-state index is 12.5. The minimum absolute atomic E-state index is 0.0420. The molecule has 0 aliphatic heterocycles. The molecule has 0 aromatic heterocycles. The molecule has 0 bridgehead atoms. The average Bonchev–Trinajstić information content (AvgIpc) is 3.73. The van der Waals surface area contributed by atoms with Crippen LogP contribution in [0.15, 0.2) is 54.6 Å². The highest BCUT2D eigenvalue weighted by molar-refractivity contribution is 6.11. The first-order valence-corrected chi connectivity index (χ1v) is 14.3. The summed E-state index contributed by atoms with van der Waals surface area (Å²) in [5.74, 6) is 0.492. The summed E-state index contributed by atoms with van der Waals surface area (Å²) >= 11 is 0. The van der Waals surface area contributed by atoms with Crippen LogP contribution in [-0.4, -0.2) is 23.1 Å². The molecular weight excluding hydrogens is 484 g/mol. The summed E-state index contributed by atoms with van der Waals surface area (Å²) in [6.45, 7) is 14.3. The predicted molar refractivity (Wildman–Crippen MR) is 157 cm³/mol. The summed E-state index contributed by atoms with van der Waals surface area (Å²) in [7, 11) is 0. The van der Waals surface area contributed by atoms with E-state index in [0.29, 0.717) is 25.7 Å². The second-order valence-electron chi connectivity index (χ2n) is 14.2. The standard InChI is InChI=1S/C18H24O2.C17H22O2/c1-13-5-7-14(8-6-13)11-15(19)18(9-10-18)16(20)12-17(2,3)4;1-16(2,3)12-15(19)17(9-10-17)14(18)11-13-7-5-4-6-8-13/h5-8H,9-12H2,1-4H3;4-8H,9-12H2,1-3H3. The summed E-state index contributed by atoms with van der Waals surface area (Å²) in [6, 6.07) is 17.7. The van der Waals surface area contributed by atoms with Crippen LogP contribution >= 0.6 is 0 Å². The van der Waals surface area contributed by atoms with Gasteiger partial charge in [-0.25, -0.2) is 0 Å². The summed E-state index contributed by atoms with van der Waals surface area (Å²) in [5.41, 5.74) is 1.81. The fourth-order valence-electron chi connectivity index (χ4n) is 4.99. The van der Waals surface area contributed by atoms with E-state index in [1.165, 1.54) is 5.56 Å². The summed E-state index contributed by atoms with van der Waals surface area (Å²) in [6.07, 6.45) is 4.73. The molecule has 210 valence electrons. The molecule has 39 heavy (non-hydrogen) atoms. The third kappa shape index (κ3) is 8.55. The Kier molecular flexibility index (Phi) is 9.20. The zero-order valence-electron chi connectivity index (χ0n) is 25.0. The molecule has 4 rings (SSSR count). The Hall–Kier alpha value is -2.88. The van der Waals surface area contributed by atoms with Gasteiger partial charge in [-0.3, -0.25) is 19.2 Å². The van der Waals surface area contributed by atoms with Gasteiger partial charge in [-0.05, 0) is 54.6 Å². The molecule has 0 atom stereocenters. The lowest BCUT2D eigenvalue weighted by molar-refractivity contribution is -0.136. The Morgan fingerprint density at radius 3 is 1.26 bits per heavy atom. The lowest BCUT2D eigenvalue weighted by Gasteiger charge is -2.21. The Labute approximate surface area is 235 Å². The molecule has 4 nitrogen and oxygen atoms in total. The molecule has 0 heterocycles. The first-order chi connectivity index (χ1) is 18.1. The van der Waals surface area contributed by atoms with Crippen molar-refractivity contribution in [3.8, 4) is 0 Å². The van der Waals surface area contributed by atoms with Gasteiger partial charge in [0, 0.05) is 25.7 Å². The van der Waals surface area contributed by atoms with Gasteiger partial charge in [0.15, 0.2) is 11.6 Å². The zero-order valence-corrected chi connectivity index (χ0v) is 25.0. The largest absolute Gasteiger partial charge is 0.299 e. The maximum Gasteiger partial charge on any atom is 0.150 e. The lowest BCUT2D eigenvalue weighted by atomic mass is 9.81. The number of hydrogen-bond acceptors (Lipinski definition) is 4. The van der Waals surface area contributed by atoms with E-state index in [1.807, 2.05) is 103 Å². The maximum atomic E-state index is 12.5. The molecule has 0 spiro atoms. The normalized spacial score (nSPS) is 16.9. The number of hydrogen-bond donors (Lipinski definition) is 0. The first kappa shape index (κ1) is 30.7. The summed E-state index contributed by atoms with van der Waals surface area (Å²) in [5, 5.41) is 0. The van der Waals surface area contributed by atoms with Crippen LogP contribution in [0.25, 0.3) is 0 Å². The van der Waals surface area contributed by atoms with Crippen LogP contribution in [0, 0.1) is 28.6 Å². The Bertz CT molecular complexity index is 1180. The third-order valence-corrected chi connectivity index (χ3v) is 7.71. The first-order valence-electron chi connectivity index (χ1n) is 14.3. The summed E-state index contributed by atoms with van der Waals surface area (Å²) in [4.78, 5) is 49.7. The highest BCUT2D eigenvalue weighted by atomic mass is 16.2. The van der Waals surface area contributed by atoms with Crippen molar-refractivity contribution in [3.05, 3.63) is 71.3 Å². The van der Waals surface area contributed by atoms with E-state index >= 15 is 0 Å². The number of Topliss-reactive ketones (excluding diaryl/α,β-unsaturated/α-hetero) is 4. The van der Waals surface area contributed by atoms with Gasteiger partial charge in [-0.1, -0.05) is 102 Å². The van der Waals surface area contributed by atoms with Gasteiger partial charge in [0.25, 0.3) is 0 Å². The molecule has 2 fully saturated rings. The van der Waals surface area contributed by atoms with Crippen LogP contribution in [0.4, 0.5) is 0 Å². The van der Waals surface area contributed by atoms with Crippen LogP contribution < -0.4 is 0 Å². The smallest absolute Gasteiger partial charge is 0.150 e. The molecule has 0 unspecified atom stereocenters. The molecule has 2 aliphatic carbocycles. The predicted octanol–water partition coefficient (Wildman–Crippen LogP) is 7.48. The minimum atomic E-state index is -0.655. The Balaban J connectivity index is 0.000000216. The van der Waals surface area contributed by atoms with E-state index in [-0.39, 0.29) is 34.0 Å². The van der Waals surface area contributed by atoms with E-state index in [9.17, 15) is 19.2 Å². The van der Waals surface area contributed by atoms with Crippen molar-refractivity contribution in [2.75, 3.05) is 0 Å². The molecular formula is C35H46O4. The van der Waals surface area contributed by atoms with E-state index in [1.54, 1.807) is 0 Å². The van der Waals surface area contributed by atoms with Crippen molar-refractivity contribution in [3.63, 3.8) is 0 Å². The van der Waals surface area contributed by atoms with E-state index in [0.717, 1.165) is 36.8 Å². The number of aryl methyl sites for hydroxylation is 1. The number of rotatable bonds is 10. The topological polar surface area (TPSA) is 68.3 Å². The zero-order chi connectivity index (χ0) is 29.1. The summed E-state index contributed by atoms with van der Waals surface area (Å²) < 4.78 is 0. The quantitative estimate of drug-likeness (QED) is 0.299. The van der Waals surface area contributed by atoms with Gasteiger partial charge < -0.3 is 0 Å². The molecule has 0 radical (unpaired) electrons. The van der Waals surface area contributed by atoms with Crippen molar-refractivity contribution >= 4 is 23.1 Å². The van der Waals surface area contributed by atoms with E-state index in [2.05, 4.69) is 0 Å². The van der Waals surface area contributed by atoms with Crippen molar-refractivity contribution in [2.24, 2.45) is 21.7 Å². The Morgan fingerprint density at radius 1 is 0.564 bits per heavy atom. The average molecular weight is 531 g/mol. The van der Waals surface area contributed by atoms with Gasteiger partial charge in [0.05, 0.1) is 10.8 Å². The van der Waals surface area contributed by atoms with Crippen LogP contribution in [0.3, 0.4) is 0 Å². The molecule has 2 saturated carbocycles. The molecule has 2 aromatic rings. The van der Waals surface area contributed by atoms with Gasteiger partial charge >= 0.3 is 0 Å². The van der Waals surface area contributed by atoms with Gasteiger partial charge in [-0.15, -0.1) is 0 Å². The van der Waals surface area contributed by atoms with Crippen molar-refractivity contribution < 1.29 is 19.2 Å². The molecule has 2 aliphatic rings. The minimum Gasteiger partial charge on any atom is -0.299 e. The molecule has 0 N–H and O–H groups in total. The second-order valence-corrected chi connectivity index (χ2v) is 14.2. The van der Waals surface area contributed by atoms with Crippen molar-refractivity contribution in [2.45, 2.75) is 99.8 Å². The van der Waals surface area contributed by atoms with Gasteiger partial charge in [-0.2, -0.15) is 0 Å². The monoisotopic (exact) mass is 530 g/mol. The van der Waals surface area contributed by atoms with Crippen LogP contribution in [0.1, 0.15) is 96.8 Å². The van der Waals surface area contributed by atoms with Crippen molar-refractivity contribution in [1.29, 1.82) is 0 Å². The van der Waals surface area contributed by atoms with Crippen molar-refractivity contribution in [1.82, 2.24) is 0 Å². The van der Waals surface area contributed by atoms with Gasteiger partial charge in [0.1, 0.15) is 11.6 Å². The SMILES string of the molecule is CC(C)(C)CC(=O)C1(C(=O)Cc2ccccc2)CC1.Cc1ccc(CC(=O)C2(C(=O)CC(C)(C)C)CC2)cc1. The fourth-order valence-corrected chi connectivity index (χ4v) is 4.99. The van der Waals surface area contributed by atoms with Crippen LogP contribution in [0.5, 0.6) is 0 Å². The lowest BCUT2D eigenvalue weighted by Crippen LogP contribution is -2.30. The number of benzene rings is 2. The third-order valence-electron chi connectivity index (χ3n) is 7.71. The second kappa shape index (κ2) is 11.7. The molecule has 4 heteroatoms. The van der Waals surface area contributed by atoms with Crippen LogP contribution in [0.2, 0.25) is 0 Å². The molecule has 0 amide bonds. The molecule has 0 saturated heterocycles. The number of carbonyl (C=O) groups excluding carboxylic acids is 4. The fraction of sp³-hybridized carbons (Fsp3) is 0.543. The van der Waals surface area contributed by atoms with E-state index in [4.69, 9.17) is 0 Å². The Morgan fingerprint density at radius 2 is 0.923 bits per heavy atom. The van der Waals surface area contributed by atoms with E-state index < -0.39 is 10.8 Å². The number of carbonyl (C=O) groups is 4. The highest BCUT2D eigenvalue weighted by Crippen LogP contribution is 2.51. The highest BCUT2D eigenvalue weighted by Gasteiger charge is 2.56. The number of ketones is 4. The molecule has 2 aromatic carbocycles. The van der Waals surface area contributed by atoms with Crippen LogP contribution in [-0.2, 0) is 32.0 Å². The van der Waals surface area contributed by atoms with Gasteiger partial charge in [0.2, 0.25) is 0 Å².